The molecule has 2 aromatic carbocycles. The fraction of sp³-hybridized carbons (Fsp3) is 0.100. The summed E-state index contributed by atoms with van der Waals surface area (Å²) >= 11 is 1.05. The van der Waals surface area contributed by atoms with Crippen molar-refractivity contribution in [2.75, 3.05) is 4.90 Å². The molecule has 1 N–H and O–H groups in total. The molecule has 31 heavy (non-hydrogen) atoms. The predicted molar refractivity (Wildman–Crippen MR) is 109 cm³/mol. The zero-order valence-electron chi connectivity index (χ0n) is 15.9. The van der Waals surface area contributed by atoms with Gasteiger partial charge >= 0.3 is 5.91 Å². The number of hydrogen-bond donors (Lipinski definition) is 1. The van der Waals surface area contributed by atoms with E-state index in [4.69, 9.17) is 0 Å². The number of rotatable bonds is 4. The molecule has 0 bridgehead atoms. The monoisotopic (exact) mass is 440 g/mol. The minimum Gasteiger partial charge on any atom is -0.507 e. The van der Waals surface area contributed by atoms with E-state index in [-0.39, 0.29) is 27.5 Å². The summed E-state index contributed by atoms with van der Waals surface area (Å²) < 4.78 is 13.3. The normalized spacial score (nSPS) is 17.9. The molecule has 3 aromatic rings. The molecule has 1 unspecified atom stereocenters. The number of benzene rings is 2. The molecule has 4 rings (SSSR count). The number of aliphatic hydroxyl groups is 1. The number of nitrogens with zero attached hydrogens (tertiary/aromatic N) is 4. The molecule has 1 amide bonds. The van der Waals surface area contributed by atoms with E-state index in [9.17, 15) is 29.2 Å². The first kappa shape index (κ1) is 20.3. The first-order valence-electron chi connectivity index (χ1n) is 8.89. The van der Waals surface area contributed by atoms with Crippen molar-refractivity contribution in [1.82, 2.24) is 10.2 Å². The molecule has 9 nitrogen and oxygen atoms in total. The second-order valence-electron chi connectivity index (χ2n) is 6.63. The Bertz CT molecular complexity index is 1250. The van der Waals surface area contributed by atoms with Gasteiger partial charge in [-0.1, -0.05) is 23.5 Å². The summed E-state index contributed by atoms with van der Waals surface area (Å²) in [6.45, 7) is 1.67. The Morgan fingerprint density at radius 3 is 2.52 bits per heavy atom. The van der Waals surface area contributed by atoms with E-state index >= 15 is 0 Å². The summed E-state index contributed by atoms with van der Waals surface area (Å²) in [7, 11) is 0. The zero-order chi connectivity index (χ0) is 22.3. The number of carbonyl (C=O) groups excluding carboxylic acids is 2. The Kier molecular flexibility index (Phi) is 5.03. The molecule has 1 fully saturated rings. The Morgan fingerprint density at radius 1 is 1.19 bits per heavy atom. The highest BCUT2D eigenvalue weighted by Gasteiger charge is 2.48. The number of aliphatic hydroxyl groups excluding tert-OH is 1. The fourth-order valence-corrected chi connectivity index (χ4v) is 4.01. The molecular weight excluding hydrogens is 427 g/mol. The van der Waals surface area contributed by atoms with Crippen LogP contribution in [0.2, 0.25) is 0 Å². The van der Waals surface area contributed by atoms with E-state index in [2.05, 4.69) is 10.2 Å². The molecule has 1 aromatic heterocycles. The number of aromatic nitrogens is 2. The van der Waals surface area contributed by atoms with Crippen molar-refractivity contribution in [1.29, 1.82) is 0 Å². The lowest BCUT2D eigenvalue weighted by molar-refractivity contribution is -0.384. The van der Waals surface area contributed by atoms with Gasteiger partial charge in [0.1, 0.15) is 16.6 Å². The molecule has 0 aliphatic carbocycles. The van der Waals surface area contributed by atoms with Gasteiger partial charge in [-0.25, -0.2) is 4.39 Å². The lowest BCUT2D eigenvalue weighted by Gasteiger charge is -2.22. The maximum Gasteiger partial charge on any atom is 0.301 e. The molecule has 1 aliphatic rings. The highest BCUT2D eigenvalue weighted by atomic mass is 32.1. The third-order valence-electron chi connectivity index (χ3n) is 4.68. The van der Waals surface area contributed by atoms with Crippen LogP contribution in [0.25, 0.3) is 5.76 Å². The highest BCUT2D eigenvalue weighted by molar-refractivity contribution is 7.15. The molecule has 1 aliphatic heterocycles. The number of aryl methyl sites for hydroxylation is 1. The number of nitro benzene ring substituents is 1. The standard InChI is InChI=1S/C20H13FN4O5S/c1-10-22-23-20(31-10)24-16(12-3-2-4-14(9-12)25(29)30)15(18(27)19(24)28)17(26)11-5-7-13(21)8-6-11/h2-9,16,26H,1H3/b17-15+. The molecule has 0 radical (unpaired) electrons. The van der Waals surface area contributed by atoms with Gasteiger partial charge < -0.3 is 5.11 Å². The van der Waals surface area contributed by atoms with E-state index in [1.165, 1.54) is 36.4 Å². The number of nitro groups is 1. The van der Waals surface area contributed by atoms with E-state index in [0.717, 1.165) is 28.4 Å². The van der Waals surface area contributed by atoms with Crippen molar-refractivity contribution >= 4 is 39.6 Å². The smallest absolute Gasteiger partial charge is 0.301 e. The van der Waals surface area contributed by atoms with Crippen molar-refractivity contribution in [3.05, 3.63) is 86.2 Å². The Balaban J connectivity index is 1.96. The van der Waals surface area contributed by atoms with Crippen molar-refractivity contribution in [2.24, 2.45) is 0 Å². The van der Waals surface area contributed by atoms with Crippen LogP contribution in [0.4, 0.5) is 15.2 Å². The molecule has 0 saturated carbocycles. The summed E-state index contributed by atoms with van der Waals surface area (Å²) in [5.74, 6) is -3.03. The third kappa shape index (κ3) is 3.55. The quantitative estimate of drug-likeness (QED) is 0.216. The van der Waals surface area contributed by atoms with Crippen LogP contribution in [0.3, 0.4) is 0 Å². The topological polar surface area (TPSA) is 127 Å². The molecule has 1 saturated heterocycles. The van der Waals surface area contributed by atoms with Crippen LogP contribution in [0.1, 0.15) is 22.2 Å². The van der Waals surface area contributed by atoms with E-state index in [1.807, 2.05) is 0 Å². The summed E-state index contributed by atoms with van der Waals surface area (Å²) in [6, 6.07) is 8.94. The zero-order valence-corrected chi connectivity index (χ0v) is 16.7. The molecule has 2 heterocycles. The SMILES string of the molecule is Cc1nnc(N2C(=O)C(=O)/C(=C(/O)c3ccc(F)cc3)C2c2cccc([N+](=O)[O-])c2)s1. The minimum atomic E-state index is -1.18. The first-order valence-corrected chi connectivity index (χ1v) is 9.71. The maximum absolute atomic E-state index is 13.3. The molecule has 156 valence electrons. The maximum atomic E-state index is 13.3. The number of non-ortho nitro benzene ring substituents is 1. The molecule has 1 atom stereocenters. The van der Waals surface area contributed by atoms with Gasteiger partial charge in [-0.2, -0.15) is 0 Å². The second kappa shape index (κ2) is 7.69. The Labute approximate surface area is 178 Å². The van der Waals surface area contributed by atoms with Crippen LogP contribution in [0, 0.1) is 22.9 Å². The van der Waals surface area contributed by atoms with E-state index in [0.29, 0.717) is 5.01 Å². The number of carbonyl (C=O) groups is 2. The van der Waals surface area contributed by atoms with Crippen LogP contribution in [0.15, 0.2) is 54.1 Å². The highest BCUT2D eigenvalue weighted by Crippen LogP contribution is 2.43. The first-order chi connectivity index (χ1) is 14.8. The Hall–Kier alpha value is -3.99. The van der Waals surface area contributed by atoms with Gasteiger partial charge in [-0.3, -0.25) is 24.6 Å². The van der Waals surface area contributed by atoms with E-state index < -0.39 is 34.2 Å². The Morgan fingerprint density at radius 2 is 1.90 bits per heavy atom. The van der Waals surface area contributed by atoms with Crippen molar-refractivity contribution < 1.29 is 24.0 Å². The van der Waals surface area contributed by atoms with Gasteiger partial charge in [0.05, 0.1) is 16.5 Å². The number of anilines is 1. The summed E-state index contributed by atoms with van der Waals surface area (Å²) in [5, 5.41) is 30.6. The number of halogens is 1. The largest absolute Gasteiger partial charge is 0.507 e. The van der Waals surface area contributed by atoms with Crippen LogP contribution in [-0.2, 0) is 9.59 Å². The van der Waals surface area contributed by atoms with Crippen LogP contribution in [-0.4, -0.2) is 31.9 Å². The van der Waals surface area contributed by atoms with Crippen LogP contribution >= 0.6 is 11.3 Å². The number of Topliss-reactive ketones (excluding diaryl/α,β-unsaturated/α-hetero) is 1. The lowest BCUT2D eigenvalue weighted by Crippen LogP contribution is -2.29. The minimum absolute atomic E-state index is 0.106. The average Bonchev–Trinajstić information content (AvgIpc) is 3.29. The van der Waals surface area contributed by atoms with Gasteiger partial charge in [0.15, 0.2) is 0 Å². The number of hydrogen-bond acceptors (Lipinski definition) is 8. The predicted octanol–water partition coefficient (Wildman–Crippen LogP) is 3.52. The number of amides is 1. The van der Waals surface area contributed by atoms with Gasteiger partial charge in [-0.15, -0.1) is 10.2 Å². The van der Waals surface area contributed by atoms with E-state index in [1.54, 1.807) is 6.92 Å². The van der Waals surface area contributed by atoms with Crippen LogP contribution in [0.5, 0.6) is 0 Å². The van der Waals surface area contributed by atoms with Crippen molar-refractivity contribution in [3.8, 4) is 0 Å². The fourth-order valence-electron chi connectivity index (χ4n) is 3.30. The molecular formula is C20H13FN4O5S. The summed E-state index contributed by atoms with van der Waals surface area (Å²) in [6.07, 6.45) is 0. The third-order valence-corrected chi connectivity index (χ3v) is 5.52. The van der Waals surface area contributed by atoms with Gasteiger partial charge in [0.25, 0.3) is 11.5 Å². The van der Waals surface area contributed by atoms with Crippen LogP contribution < -0.4 is 4.90 Å². The van der Waals surface area contributed by atoms with Gasteiger partial charge in [0, 0.05) is 17.7 Å². The van der Waals surface area contributed by atoms with Gasteiger partial charge in [-0.05, 0) is 36.8 Å². The average molecular weight is 440 g/mol. The number of ketones is 1. The second-order valence-corrected chi connectivity index (χ2v) is 7.79. The summed E-state index contributed by atoms with van der Waals surface area (Å²) in [5.41, 5.74) is -0.198. The summed E-state index contributed by atoms with van der Waals surface area (Å²) in [4.78, 5) is 37.5. The van der Waals surface area contributed by atoms with Crippen molar-refractivity contribution in [2.45, 2.75) is 13.0 Å². The van der Waals surface area contributed by atoms with Crippen molar-refractivity contribution in [3.63, 3.8) is 0 Å². The lowest BCUT2D eigenvalue weighted by atomic mass is 9.95. The molecule has 11 heteroatoms. The molecule has 0 spiro atoms. The van der Waals surface area contributed by atoms with Gasteiger partial charge in [0.2, 0.25) is 5.13 Å².